The molecule has 2 aromatic rings. The lowest BCUT2D eigenvalue weighted by atomic mass is 9.82. The molecule has 1 aliphatic rings. The second-order valence-corrected chi connectivity index (χ2v) is 6.84. The zero-order chi connectivity index (χ0) is 21.7. The Balaban J connectivity index is 2.05. The number of aliphatic hydroxyl groups is 1. The molecule has 1 atom stereocenters. The molecule has 0 bridgehead atoms. The van der Waals surface area contributed by atoms with Crippen molar-refractivity contribution in [3.05, 3.63) is 71.3 Å². The minimum atomic E-state index is -2.94. The summed E-state index contributed by atoms with van der Waals surface area (Å²) >= 11 is 0. The minimum Gasteiger partial charge on any atom is -0.435 e. The number of amides is 1. The summed E-state index contributed by atoms with van der Waals surface area (Å²) in [6, 6.07) is 13.1. The van der Waals surface area contributed by atoms with Crippen molar-refractivity contribution in [3.8, 4) is 5.75 Å². The van der Waals surface area contributed by atoms with Gasteiger partial charge < -0.3 is 15.6 Å². The number of halogens is 2. The highest BCUT2D eigenvalue weighted by molar-refractivity contribution is 6.09. The van der Waals surface area contributed by atoms with E-state index in [0.717, 1.165) is 12.0 Å². The molecule has 3 rings (SSSR count). The molecule has 1 amide bonds. The molecular formula is C22H23F2N3O3. The number of carbonyl (C=O) groups excluding carboxylic acids is 1. The summed E-state index contributed by atoms with van der Waals surface area (Å²) in [6.45, 7) is -2.82. The van der Waals surface area contributed by atoms with Crippen LogP contribution in [0, 0.1) is 0 Å². The molecule has 0 fully saturated rings. The lowest BCUT2D eigenvalue weighted by Crippen LogP contribution is -2.41. The normalized spacial score (nSPS) is 19.0. The Hall–Kier alpha value is -3.26. The molecule has 0 radical (unpaired) electrons. The van der Waals surface area contributed by atoms with E-state index >= 15 is 0 Å². The highest BCUT2D eigenvalue weighted by Gasteiger charge is 2.49. The molecule has 6 nitrogen and oxygen atoms in total. The maximum absolute atomic E-state index is 13.2. The van der Waals surface area contributed by atoms with Crippen LogP contribution in [-0.2, 0) is 10.3 Å². The van der Waals surface area contributed by atoms with Gasteiger partial charge in [-0.15, -0.1) is 0 Å². The Morgan fingerprint density at radius 3 is 2.57 bits per heavy atom. The molecule has 158 valence electrons. The van der Waals surface area contributed by atoms with Gasteiger partial charge in [0.2, 0.25) is 0 Å². The number of benzene rings is 2. The van der Waals surface area contributed by atoms with Crippen LogP contribution in [0.25, 0.3) is 6.08 Å². The van der Waals surface area contributed by atoms with Crippen molar-refractivity contribution in [2.75, 3.05) is 13.7 Å². The maximum atomic E-state index is 13.2. The summed E-state index contributed by atoms with van der Waals surface area (Å²) in [5, 5.41) is 8.90. The molecule has 8 heteroatoms. The first-order valence-corrected chi connectivity index (χ1v) is 9.45. The van der Waals surface area contributed by atoms with Crippen LogP contribution in [0.15, 0.2) is 59.6 Å². The van der Waals surface area contributed by atoms with Gasteiger partial charge in [0, 0.05) is 13.7 Å². The molecule has 0 saturated heterocycles. The summed E-state index contributed by atoms with van der Waals surface area (Å²) in [6.07, 6.45) is 5.24. The third kappa shape index (κ3) is 4.18. The number of hydrogen-bond acceptors (Lipinski definition) is 5. The molecule has 30 heavy (non-hydrogen) atoms. The molecule has 0 saturated carbocycles. The van der Waals surface area contributed by atoms with E-state index in [1.165, 1.54) is 36.2 Å². The van der Waals surface area contributed by atoms with Crippen molar-refractivity contribution >= 4 is 17.9 Å². The number of alkyl halides is 2. The summed E-state index contributed by atoms with van der Waals surface area (Å²) in [4.78, 5) is 19.0. The van der Waals surface area contributed by atoms with Crippen LogP contribution in [0.4, 0.5) is 8.78 Å². The third-order valence-electron chi connectivity index (χ3n) is 4.88. The highest BCUT2D eigenvalue weighted by Crippen LogP contribution is 2.40. The number of nitrogens with two attached hydrogens (primary N) is 1. The number of nitrogens with zero attached hydrogens (tertiary/aromatic N) is 2. The number of aliphatic imine (C=N–C) groups is 1. The van der Waals surface area contributed by atoms with Gasteiger partial charge in [-0.3, -0.25) is 9.69 Å². The number of rotatable bonds is 8. The molecule has 1 aliphatic heterocycles. The minimum absolute atomic E-state index is 0.0137. The quantitative estimate of drug-likeness (QED) is 0.649. The molecular weight excluding hydrogens is 392 g/mol. The topological polar surface area (TPSA) is 88.2 Å². The molecule has 3 N–H and O–H groups in total. The summed E-state index contributed by atoms with van der Waals surface area (Å²) in [5.41, 5.74) is 6.49. The second kappa shape index (κ2) is 9.04. The van der Waals surface area contributed by atoms with Crippen LogP contribution in [0.1, 0.15) is 29.5 Å². The first-order chi connectivity index (χ1) is 14.4. The number of likely N-dealkylation sites (N-methyl/N-ethyl adjacent to an activating group) is 1. The summed E-state index contributed by atoms with van der Waals surface area (Å²) in [7, 11) is 1.54. The molecule has 0 aromatic heterocycles. The Labute approximate surface area is 173 Å². The lowest BCUT2D eigenvalue weighted by molar-refractivity contribution is -0.129. The van der Waals surface area contributed by atoms with Crippen LogP contribution in [0.3, 0.4) is 0 Å². The Bertz CT molecular complexity index is 960. The Morgan fingerprint density at radius 1 is 1.23 bits per heavy atom. The van der Waals surface area contributed by atoms with Gasteiger partial charge in [-0.1, -0.05) is 42.5 Å². The van der Waals surface area contributed by atoms with E-state index < -0.39 is 12.2 Å². The fourth-order valence-electron chi connectivity index (χ4n) is 3.36. The van der Waals surface area contributed by atoms with E-state index in [4.69, 9.17) is 10.8 Å². The van der Waals surface area contributed by atoms with E-state index in [1.807, 2.05) is 30.4 Å². The summed E-state index contributed by atoms with van der Waals surface area (Å²) < 4.78 is 29.4. The van der Waals surface area contributed by atoms with Crippen molar-refractivity contribution in [2.45, 2.75) is 25.0 Å². The van der Waals surface area contributed by atoms with Gasteiger partial charge in [-0.2, -0.15) is 8.78 Å². The first kappa shape index (κ1) is 21.4. The van der Waals surface area contributed by atoms with Crippen LogP contribution in [0.5, 0.6) is 5.75 Å². The number of allylic oxidation sites excluding steroid dienone is 1. The monoisotopic (exact) mass is 415 g/mol. The van der Waals surface area contributed by atoms with Gasteiger partial charge >= 0.3 is 6.61 Å². The van der Waals surface area contributed by atoms with E-state index in [9.17, 15) is 13.6 Å². The van der Waals surface area contributed by atoms with Gasteiger partial charge in [-0.05, 0) is 47.7 Å². The Kier molecular flexibility index (Phi) is 6.47. The maximum Gasteiger partial charge on any atom is 0.387 e. The van der Waals surface area contributed by atoms with E-state index in [0.29, 0.717) is 17.5 Å². The van der Waals surface area contributed by atoms with Crippen LogP contribution >= 0.6 is 0 Å². The lowest BCUT2D eigenvalue weighted by Gasteiger charge is -2.26. The fourth-order valence-corrected chi connectivity index (χ4v) is 3.36. The van der Waals surface area contributed by atoms with E-state index in [-0.39, 0.29) is 24.2 Å². The number of carbonyl (C=O) groups is 1. The van der Waals surface area contributed by atoms with Crippen LogP contribution in [0.2, 0.25) is 0 Å². The Morgan fingerprint density at radius 2 is 1.97 bits per heavy atom. The fraction of sp³-hybridized carbons (Fsp3) is 0.273. The van der Waals surface area contributed by atoms with Gasteiger partial charge in [0.15, 0.2) is 11.5 Å². The first-order valence-electron chi connectivity index (χ1n) is 9.45. The predicted octanol–water partition coefficient (Wildman–Crippen LogP) is 3.10. The van der Waals surface area contributed by atoms with Crippen molar-refractivity contribution in [1.82, 2.24) is 4.90 Å². The average Bonchev–Trinajstić information content (AvgIpc) is 2.96. The molecule has 0 aliphatic carbocycles. The zero-order valence-corrected chi connectivity index (χ0v) is 16.5. The molecule has 0 unspecified atom stereocenters. The van der Waals surface area contributed by atoms with Crippen molar-refractivity contribution < 1.29 is 23.4 Å². The van der Waals surface area contributed by atoms with Crippen molar-refractivity contribution in [1.29, 1.82) is 0 Å². The van der Waals surface area contributed by atoms with Gasteiger partial charge in [0.25, 0.3) is 5.91 Å². The standard InChI is InChI=1S/C22H23F2N3O3/c1-27-19(29)22(26-21(27)25,16-9-11-18(12-10-16)30-20(23)24)17-8-5-7-15(14-17)6-3-2-4-13-28/h3,5-12,14,20,28H,2,4,13H2,1H3,(H2,25,26)/b6-3+/t22-/m1/s1. The SMILES string of the molecule is CN1C(=O)[C@@](c2ccc(OC(F)F)cc2)(c2cccc(/C=C/CCCO)c2)N=C1N. The molecule has 0 spiro atoms. The smallest absolute Gasteiger partial charge is 0.387 e. The van der Waals surface area contributed by atoms with E-state index in [1.54, 1.807) is 6.07 Å². The second-order valence-electron chi connectivity index (χ2n) is 6.84. The number of hydrogen-bond donors (Lipinski definition) is 2. The highest BCUT2D eigenvalue weighted by atomic mass is 19.3. The summed E-state index contributed by atoms with van der Waals surface area (Å²) in [5.74, 6) is -0.291. The van der Waals surface area contributed by atoms with Crippen molar-refractivity contribution in [3.63, 3.8) is 0 Å². The van der Waals surface area contributed by atoms with Gasteiger partial charge in [-0.25, -0.2) is 4.99 Å². The van der Waals surface area contributed by atoms with Crippen LogP contribution in [-0.4, -0.2) is 42.1 Å². The number of guanidine groups is 1. The van der Waals surface area contributed by atoms with Gasteiger partial charge in [0.05, 0.1) is 0 Å². The zero-order valence-electron chi connectivity index (χ0n) is 16.5. The average molecular weight is 415 g/mol. The number of ether oxygens (including phenoxy) is 1. The predicted molar refractivity (Wildman–Crippen MR) is 110 cm³/mol. The third-order valence-corrected chi connectivity index (χ3v) is 4.88. The number of aliphatic hydroxyl groups excluding tert-OH is 1. The largest absolute Gasteiger partial charge is 0.435 e. The molecule has 2 aromatic carbocycles. The number of unbranched alkanes of at least 4 members (excludes halogenated alkanes) is 1. The van der Waals surface area contributed by atoms with E-state index in [2.05, 4.69) is 9.73 Å². The van der Waals surface area contributed by atoms with Gasteiger partial charge in [0.1, 0.15) is 5.75 Å². The van der Waals surface area contributed by atoms with Crippen molar-refractivity contribution in [2.24, 2.45) is 10.7 Å². The molecule has 1 heterocycles. The van der Waals surface area contributed by atoms with Crippen LogP contribution < -0.4 is 10.5 Å².